The molecule has 0 saturated carbocycles. The molecule has 0 aliphatic heterocycles. The van der Waals surface area contributed by atoms with Gasteiger partial charge in [-0.05, 0) is 63.5 Å². The summed E-state index contributed by atoms with van der Waals surface area (Å²) in [6.07, 6.45) is 5.22. The first-order valence-electron chi connectivity index (χ1n) is 10.1. The lowest BCUT2D eigenvalue weighted by Crippen LogP contribution is -2.13. The molecular weight excluding hydrogens is 402 g/mol. The summed E-state index contributed by atoms with van der Waals surface area (Å²) in [5.74, 6) is -0.170. The van der Waals surface area contributed by atoms with Crippen molar-refractivity contribution in [3.05, 3.63) is 109 Å². The third-order valence-corrected chi connectivity index (χ3v) is 5.08. The highest BCUT2D eigenvalue weighted by Crippen LogP contribution is 2.25. The summed E-state index contributed by atoms with van der Waals surface area (Å²) in [4.78, 5) is 13.0. The molecule has 0 fully saturated rings. The molecule has 3 aromatic carbocycles. The van der Waals surface area contributed by atoms with Crippen LogP contribution in [0.4, 0.5) is 5.69 Å². The van der Waals surface area contributed by atoms with Crippen LogP contribution in [0.15, 0.2) is 97.6 Å². The lowest BCUT2D eigenvalue weighted by molar-refractivity contribution is 0.102. The number of hydrogen-bond donors (Lipinski definition) is 1. The minimum atomic E-state index is -0.170. The van der Waals surface area contributed by atoms with Crippen molar-refractivity contribution >= 4 is 11.6 Å². The van der Waals surface area contributed by atoms with Crippen LogP contribution in [0.25, 0.3) is 16.8 Å². The Labute approximate surface area is 184 Å². The van der Waals surface area contributed by atoms with Gasteiger partial charge in [-0.15, -0.1) is 5.10 Å². The number of anilines is 1. The van der Waals surface area contributed by atoms with Crippen molar-refractivity contribution in [2.75, 3.05) is 5.32 Å². The average Bonchev–Trinajstić information content (AvgIpc) is 3.55. The molecule has 5 aromatic rings. The molecule has 2 aromatic heterocycles. The maximum absolute atomic E-state index is 13.0. The molecule has 8 heteroatoms. The van der Waals surface area contributed by atoms with Crippen molar-refractivity contribution in [2.45, 2.75) is 6.54 Å². The molecule has 0 spiro atoms. The third kappa shape index (κ3) is 4.15. The Morgan fingerprint density at radius 2 is 1.72 bits per heavy atom. The summed E-state index contributed by atoms with van der Waals surface area (Å²) in [5.41, 5.74) is 5.11. The highest BCUT2D eigenvalue weighted by molar-refractivity contribution is 6.08. The van der Waals surface area contributed by atoms with E-state index in [9.17, 15) is 4.79 Å². The smallest absolute Gasteiger partial charge is 0.256 e. The van der Waals surface area contributed by atoms with E-state index in [1.165, 1.54) is 6.33 Å². The van der Waals surface area contributed by atoms with Crippen LogP contribution in [-0.4, -0.2) is 35.9 Å². The van der Waals surface area contributed by atoms with Crippen LogP contribution in [0.5, 0.6) is 0 Å². The first-order valence-corrected chi connectivity index (χ1v) is 10.1. The number of benzene rings is 3. The fraction of sp³-hybridized carbons (Fsp3) is 0.0417. The van der Waals surface area contributed by atoms with Crippen LogP contribution < -0.4 is 5.32 Å². The second kappa shape index (κ2) is 8.65. The van der Waals surface area contributed by atoms with E-state index in [-0.39, 0.29) is 5.91 Å². The SMILES string of the molecule is O=C(Nc1ccc(-n2cnnn2)cc1)c1ccccc1-c1ccc(Cn2cccn2)cc1. The van der Waals surface area contributed by atoms with Crippen molar-refractivity contribution in [1.82, 2.24) is 30.0 Å². The second-order valence-corrected chi connectivity index (χ2v) is 7.20. The van der Waals surface area contributed by atoms with E-state index in [1.807, 2.05) is 77.6 Å². The predicted molar refractivity (Wildman–Crippen MR) is 120 cm³/mol. The summed E-state index contributed by atoms with van der Waals surface area (Å²) < 4.78 is 3.43. The van der Waals surface area contributed by atoms with Crippen LogP contribution in [0.3, 0.4) is 0 Å². The maximum Gasteiger partial charge on any atom is 0.256 e. The molecule has 156 valence electrons. The molecule has 0 bridgehead atoms. The van der Waals surface area contributed by atoms with Gasteiger partial charge in [0.2, 0.25) is 0 Å². The minimum Gasteiger partial charge on any atom is -0.322 e. The van der Waals surface area contributed by atoms with Gasteiger partial charge in [0.1, 0.15) is 6.33 Å². The summed E-state index contributed by atoms with van der Waals surface area (Å²) in [6.45, 7) is 0.704. The number of nitrogens with one attached hydrogen (secondary N) is 1. The molecule has 5 rings (SSSR count). The lowest BCUT2D eigenvalue weighted by atomic mass is 9.98. The van der Waals surface area contributed by atoms with Gasteiger partial charge in [-0.2, -0.15) is 5.10 Å². The number of rotatable bonds is 6. The van der Waals surface area contributed by atoms with Gasteiger partial charge in [-0.25, -0.2) is 4.68 Å². The Morgan fingerprint density at radius 1 is 0.906 bits per heavy atom. The first-order chi connectivity index (χ1) is 15.8. The van der Waals surface area contributed by atoms with Crippen molar-refractivity contribution in [3.63, 3.8) is 0 Å². The Bertz CT molecular complexity index is 1310. The number of hydrogen-bond acceptors (Lipinski definition) is 5. The van der Waals surface area contributed by atoms with Gasteiger partial charge in [-0.3, -0.25) is 9.48 Å². The molecule has 2 heterocycles. The summed E-state index contributed by atoms with van der Waals surface area (Å²) in [6, 6.07) is 25.0. The summed E-state index contributed by atoms with van der Waals surface area (Å²) in [5, 5.41) is 18.3. The number of aromatic nitrogens is 6. The maximum atomic E-state index is 13.0. The Kier molecular flexibility index (Phi) is 5.24. The van der Waals surface area contributed by atoms with Crippen LogP contribution >= 0.6 is 0 Å². The molecular formula is C24H19N7O. The molecule has 0 aliphatic carbocycles. The first kappa shape index (κ1) is 19.4. The number of nitrogens with zero attached hydrogens (tertiary/aromatic N) is 6. The zero-order valence-electron chi connectivity index (χ0n) is 17.0. The molecule has 0 aliphatic rings. The van der Waals surface area contributed by atoms with Gasteiger partial charge in [0.25, 0.3) is 5.91 Å². The minimum absolute atomic E-state index is 0.170. The second-order valence-electron chi connectivity index (χ2n) is 7.20. The van der Waals surface area contributed by atoms with Gasteiger partial charge in [-0.1, -0.05) is 42.5 Å². The van der Waals surface area contributed by atoms with E-state index in [0.717, 1.165) is 22.4 Å². The van der Waals surface area contributed by atoms with Crippen molar-refractivity contribution in [2.24, 2.45) is 0 Å². The average molecular weight is 421 g/mol. The summed E-state index contributed by atoms with van der Waals surface area (Å²) >= 11 is 0. The van der Waals surface area contributed by atoms with Gasteiger partial charge in [0, 0.05) is 23.6 Å². The zero-order chi connectivity index (χ0) is 21.8. The fourth-order valence-electron chi connectivity index (χ4n) is 3.48. The molecule has 0 atom stereocenters. The van der Waals surface area contributed by atoms with Crippen molar-refractivity contribution in [3.8, 4) is 16.8 Å². The largest absolute Gasteiger partial charge is 0.322 e. The standard InChI is InChI=1S/C24H19N7O/c32-24(27-20-10-12-21(13-11-20)31-17-25-28-29-31)23-5-2-1-4-22(23)19-8-6-18(7-9-19)16-30-15-3-14-26-30/h1-15,17H,16H2,(H,27,32). The summed E-state index contributed by atoms with van der Waals surface area (Å²) in [7, 11) is 0. The van der Waals surface area contributed by atoms with Crippen LogP contribution in [0.1, 0.15) is 15.9 Å². The Balaban J connectivity index is 1.34. The topological polar surface area (TPSA) is 90.5 Å². The predicted octanol–water partition coefficient (Wildman–Crippen LogP) is 3.83. The molecule has 0 saturated heterocycles. The molecule has 0 radical (unpaired) electrons. The van der Waals surface area contributed by atoms with E-state index < -0.39 is 0 Å². The van der Waals surface area contributed by atoms with Gasteiger partial charge in [0.05, 0.1) is 12.2 Å². The van der Waals surface area contributed by atoms with Gasteiger partial charge >= 0.3 is 0 Å². The Morgan fingerprint density at radius 3 is 2.44 bits per heavy atom. The molecule has 1 amide bonds. The number of tetrazole rings is 1. The van der Waals surface area contributed by atoms with E-state index in [2.05, 4.69) is 38.1 Å². The number of carbonyl (C=O) groups is 1. The van der Waals surface area contributed by atoms with E-state index >= 15 is 0 Å². The fourth-order valence-corrected chi connectivity index (χ4v) is 3.48. The number of carbonyl (C=O) groups excluding carboxylic acids is 1. The Hall–Kier alpha value is -4.59. The molecule has 8 nitrogen and oxygen atoms in total. The van der Waals surface area contributed by atoms with E-state index in [0.29, 0.717) is 17.8 Å². The van der Waals surface area contributed by atoms with E-state index in [1.54, 1.807) is 10.9 Å². The molecule has 32 heavy (non-hydrogen) atoms. The lowest BCUT2D eigenvalue weighted by Gasteiger charge is -2.12. The van der Waals surface area contributed by atoms with Crippen LogP contribution in [0.2, 0.25) is 0 Å². The highest BCUT2D eigenvalue weighted by atomic mass is 16.1. The monoisotopic (exact) mass is 421 g/mol. The quantitative estimate of drug-likeness (QED) is 0.450. The molecule has 0 unspecified atom stereocenters. The van der Waals surface area contributed by atoms with Crippen molar-refractivity contribution < 1.29 is 4.79 Å². The zero-order valence-corrected chi connectivity index (χ0v) is 17.0. The number of amides is 1. The van der Waals surface area contributed by atoms with Crippen molar-refractivity contribution in [1.29, 1.82) is 0 Å². The van der Waals surface area contributed by atoms with E-state index in [4.69, 9.17) is 0 Å². The molecule has 1 N–H and O–H groups in total. The van der Waals surface area contributed by atoms with Gasteiger partial charge < -0.3 is 5.32 Å². The van der Waals surface area contributed by atoms with Crippen LogP contribution in [0, 0.1) is 0 Å². The van der Waals surface area contributed by atoms with Gasteiger partial charge in [0.15, 0.2) is 0 Å². The normalized spacial score (nSPS) is 10.8. The highest BCUT2D eigenvalue weighted by Gasteiger charge is 2.13. The van der Waals surface area contributed by atoms with Crippen LogP contribution in [-0.2, 0) is 6.54 Å². The third-order valence-electron chi connectivity index (χ3n) is 5.08.